The number of Topliss-reactive ketones (excluding diaryl/α,β-unsaturated/α-hetero) is 2. The van der Waals surface area contributed by atoms with E-state index in [1.54, 1.807) is 60.7 Å². The lowest BCUT2D eigenvalue weighted by Crippen LogP contribution is -2.30. The molecular weight excluding hydrogens is 522 g/mol. The van der Waals surface area contributed by atoms with Crippen LogP contribution in [-0.4, -0.2) is 35.2 Å². The van der Waals surface area contributed by atoms with Gasteiger partial charge in [-0.1, -0.05) is 12.1 Å². The molecule has 9 heteroatoms. The molecule has 4 amide bonds. The second kappa shape index (κ2) is 10.8. The number of carbonyl (C=O) groups is 6. The number of hydrogen-bond donors (Lipinski definition) is 2. The van der Waals surface area contributed by atoms with Crippen LogP contribution in [0.4, 0.5) is 17.1 Å². The molecule has 0 spiro atoms. The molecule has 0 aromatic heterocycles. The van der Waals surface area contributed by atoms with Gasteiger partial charge in [0.05, 0.1) is 16.8 Å². The molecule has 0 saturated carbocycles. The number of rotatable bonds is 7. The molecule has 0 atom stereocenters. The van der Waals surface area contributed by atoms with Gasteiger partial charge >= 0.3 is 0 Å². The molecule has 41 heavy (non-hydrogen) atoms. The molecule has 0 bridgehead atoms. The van der Waals surface area contributed by atoms with Gasteiger partial charge in [-0.05, 0) is 92.7 Å². The average Bonchev–Trinajstić information content (AvgIpc) is 3.22. The largest absolute Gasteiger partial charge is 0.322 e. The Morgan fingerprint density at radius 3 is 1.29 bits per heavy atom. The van der Waals surface area contributed by atoms with Gasteiger partial charge < -0.3 is 10.6 Å². The molecule has 202 valence electrons. The fourth-order valence-corrected chi connectivity index (χ4v) is 4.41. The van der Waals surface area contributed by atoms with Crippen LogP contribution in [0.2, 0.25) is 0 Å². The van der Waals surface area contributed by atoms with Gasteiger partial charge in [-0.2, -0.15) is 0 Å². The first-order valence-corrected chi connectivity index (χ1v) is 12.6. The zero-order valence-electron chi connectivity index (χ0n) is 22.1. The van der Waals surface area contributed by atoms with Crippen molar-refractivity contribution in [3.63, 3.8) is 0 Å². The summed E-state index contributed by atoms with van der Waals surface area (Å²) in [6.45, 7) is 2.87. The summed E-state index contributed by atoms with van der Waals surface area (Å²) in [5, 5.41) is 5.42. The maximum Gasteiger partial charge on any atom is 0.266 e. The van der Waals surface area contributed by atoms with Crippen molar-refractivity contribution in [2.75, 3.05) is 15.5 Å². The Morgan fingerprint density at radius 2 is 0.927 bits per heavy atom. The van der Waals surface area contributed by atoms with Crippen molar-refractivity contribution in [3.05, 3.63) is 124 Å². The van der Waals surface area contributed by atoms with Crippen molar-refractivity contribution >= 4 is 52.3 Å². The molecule has 0 saturated heterocycles. The molecular formula is C32H23N3O6. The molecule has 0 fully saturated rings. The number of imide groups is 1. The lowest BCUT2D eigenvalue weighted by Gasteiger charge is -2.17. The standard InChI is InChI=1S/C32H23N3O6/c1-18(36)20-7-11-24(12-8-20)33-29(38)22-15-23(30(39)34-25-13-9-21(10-14-25)19(2)37)17-26(16-22)35-31(40)27-5-3-4-6-28(27)32(35)41/h3-17H,1-2H3,(H,33,38)(H,34,39). The van der Waals surface area contributed by atoms with Crippen molar-refractivity contribution in [3.8, 4) is 0 Å². The minimum absolute atomic E-state index is 0.0202. The molecule has 0 aliphatic carbocycles. The highest BCUT2D eigenvalue weighted by molar-refractivity contribution is 6.34. The van der Waals surface area contributed by atoms with Gasteiger partial charge in [0.1, 0.15) is 0 Å². The van der Waals surface area contributed by atoms with Crippen LogP contribution in [0.5, 0.6) is 0 Å². The fourth-order valence-electron chi connectivity index (χ4n) is 4.41. The monoisotopic (exact) mass is 545 g/mol. The lowest BCUT2D eigenvalue weighted by atomic mass is 10.1. The zero-order valence-corrected chi connectivity index (χ0v) is 22.1. The van der Waals surface area contributed by atoms with Crippen LogP contribution in [0.1, 0.15) is 76.0 Å². The Balaban J connectivity index is 1.50. The topological polar surface area (TPSA) is 130 Å². The molecule has 0 radical (unpaired) electrons. The number of nitrogens with one attached hydrogen (secondary N) is 2. The Morgan fingerprint density at radius 1 is 0.537 bits per heavy atom. The van der Waals surface area contributed by atoms with Gasteiger partial charge in [-0.15, -0.1) is 0 Å². The first kappa shape index (κ1) is 26.9. The van der Waals surface area contributed by atoms with Gasteiger partial charge in [-0.25, -0.2) is 4.90 Å². The van der Waals surface area contributed by atoms with Crippen LogP contribution in [0.25, 0.3) is 0 Å². The second-order valence-corrected chi connectivity index (χ2v) is 9.44. The number of ketones is 2. The average molecular weight is 546 g/mol. The van der Waals surface area contributed by atoms with E-state index in [0.29, 0.717) is 22.5 Å². The van der Waals surface area contributed by atoms with E-state index in [0.717, 1.165) is 4.90 Å². The SMILES string of the molecule is CC(=O)c1ccc(NC(=O)c2cc(C(=O)Nc3ccc(C(C)=O)cc3)cc(N3C(=O)c4ccccc4C3=O)c2)cc1. The van der Waals surface area contributed by atoms with Crippen molar-refractivity contribution in [2.24, 2.45) is 0 Å². The van der Waals surface area contributed by atoms with Gasteiger partial charge in [0.15, 0.2) is 11.6 Å². The number of fused-ring (bicyclic) bond motifs is 1. The molecule has 9 nitrogen and oxygen atoms in total. The van der Waals surface area contributed by atoms with Crippen LogP contribution < -0.4 is 15.5 Å². The van der Waals surface area contributed by atoms with Crippen molar-refractivity contribution < 1.29 is 28.8 Å². The molecule has 1 heterocycles. The summed E-state index contributed by atoms with van der Waals surface area (Å²) < 4.78 is 0. The van der Waals surface area contributed by atoms with Crippen LogP contribution >= 0.6 is 0 Å². The van der Waals surface area contributed by atoms with Gasteiger partial charge in [0, 0.05) is 33.6 Å². The van der Waals surface area contributed by atoms with Crippen LogP contribution in [0.3, 0.4) is 0 Å². The fraction of sp³-hybridized carbons (Fsp3) is 0.0625. The Kier molecular flexibility index (Phi) is 7.09. The lowest BCUT2D eigenvalue weighted by molar-refractivity contribution is 0.0920. The molecule has 4 aromatic rings. The predicted octanol–water partition coefficient (Wildman–Crippen LogP) is 5.40. The predicted molar refractivity (Wildman–Crippen MR) is 153 cm³/mol. The number of hydrogen-bond acceptors (Lipinski definition) is 6. The maximum absolute atomic E-state index is 13.3. The van der Waals surface area contributed by atoms with Crippen molar-refractivity contribution in [1.29, 1.82) is 0 Å². The van der Waals surface area contributed by atoms with E-state index < -0.39 is 23.6 Å². The summed E-state index contributed by atoms with van der Waals surface area (Å²) >= 11 is 0. The highest BCUT2D eigenvalue weighted by Crippen LogP contribution is 2.30. The quantitative estimate of drug-likeness (QED) is 0.236. The number of benzene rings is 4. The van der Waals surface area contributed by atoms with Gasteiger partial charge in [0.25, 0.3) is 23.6 Å². The molecule has 2 N–H and O–H groups in total. The van der Waals surface area contributed by atoms with Gasteiger partial charge in [0.2, 0.25) is 0 Å². The maximum atomic E-state index is 13.3. The summed E-state index contributed by atoms with van der Waals surface area (Å²) in [5.41, 5.74) is 2.29. The highest BCUT2D eigenvalue weighted by atomic mass is 16.2. The molecule has 4 aromatic carbocycles. The molecule has 5 rings (SSSR count). The number of nitrogens with zero attached hydrogens (tertiary/aromatic N) is 1. The number of amides is 4. The summed E-state index contributed by atoms with van der Waals surface area (Å²) in [5.74, 6) is -2.59. The van der Waals surface area contributed by atoms with E-state index >= 15 is 0 Å². The first-order chi connectivity index (χ1) is 19.6. The van der Waals surface area contributed by atoms with E-state index in [-0.39, 0.29) is 39.5 Å². The Bertz CT molecular complexity index is 1630. The van der Waals surface area contributed by atoms with Crippen LogP contribution in [-0.2, 0) is 0 Å². The Hall–Kier alpha value is -5.70. The van der Waals surface area contributed by atoms with E-state index in [1.165, 1.54) is 44.2 Å². The van der Waals surface area contributed by atoms with E-state index in [2.05, 4.69) is 10.6 Å². The third-order valence-electron chi connectivity index (χ3n) is 6.59. The van der Waals surface area contributed by atoms with E-state index in [1.807, 2.05) is 0 Å². The third kappa shape index (κ3) is 5.41. The number of carbonyl (C=O) groups excluding carboxylic acids is 6. The van der Waals surface area contributed by atoms with E-state index in [4.69, 9.17) is 0 Å². The van der Waals surface area contributed by atoms with E-state index in [9.17, 15) is 28.8 Å². The normalized spacial score (nSPS) is 12.1. The van der Waals surface area contributed by atoms with Crippen molar-refractivity contribution in [2.45, 2.75) is 13.8 Å². The minimum atomic E-state index is -0.598. The molecule has 1 aliphatic rings. The smallest absolute Gasteiger partial charge is 0.266 e. The number of anilines is 3. The van der Waals surface area contributed by atoms with Crippen LogP contribution in [0.15, 0.2) is 91.0 Å². The third-order valence-corrected chi connectivity index (χ3v) is 6.59. The van der Waals surface area contributed by atoms with Gasteiger partial charge in [-0.3, -0.25) is 28.8 Å². The zero-order chi connectivity index (χ0) is 29.3. The Labute approximate surface area is 234 Å². The summed E-state index contributed by atoms with van der Waals surface area (Å²) in [7, 11) is 0. The minimum Gasteiger partial charge on any atom is -0.322 e. The molecule has 1 aliphatic heterocycles. The molecule has 0 unspecified atom stereocenters. The van der Waals surface area contributed by atoms with Crippen molar-refractivity contribution in [1.82, 2.24) is 0 Å². The summed E-state index contributed by atoms with van der Waals surface area (Å²) in [6.07, 6.45) is 0. The second-order valence-electron chi connectivity index (χ2n) is 9.44. The first-order valence-electron chi connectivity index (χ1n) is 12.6. The summed E-state index contributed by atoms with van der Waals surface area (Å²) in [4.78, 5) is 77.0. The summed E-state index contributed by atoms with van der Waals surface area (Å²) in [6, 6.07) is 23.0. The van der Waals surface area contributed by atoms with Crippen LogP contribution in [0, 0.1) is 0 Å². The highest BCUT2D eigenvalue weighted by Gasteiger charge is 2.37.